The molecule has 47 heavy (non-hydrogen) atoms. The molecule has 0 heterocycles. The van der Waals surface area contributed by atoms with Crippen LogP contribution in [-0.4, -0.2) is 57.3 Å². The lowest BCUT2D eigenvalue weighted by atomic mass is 10.00. The maximum Gasteiger partial charge on any atom is 0.251 e. The van der Waals surface area contributed by atoms with E-state index in [0.29, 0.717) is 5.56 Å². The number of carbonyl (C=O) groups is 2. The standard InChI is InChI=1S/C35H38F2N4O5S/c1-23(26-12-8-5-9-13-26)39-34(43)27-17-28(19-31(18-27)41(2)47(3,45)46)35(44)40-32(16-24-10-6-4-7-11-24)33(42)22-38-21-25-14-29(36)20-30(37)15-25/h4-15,17-20,23,32-33,38,42H,16,21-22H2,1-3H3,(H,39,43)(H,40,44). The Balaban J connectivity index is 1.58. The third-order valence-corrected chi connectivity index (χ3v) is 8.84. The number of aliphatic hydroxyl groups is 1. The molecule has 4 N–H and O–H groups in total. The van der Waals surface area contributed by atoms with Gasteiger partial charge in [0.2, 0.25) is 10.0 Å². The predicted octanol–water partition coefficient (Wildman–Crippen LogP) is 4.34. The Labute approximate surface area is 273 Å². The third-order valence-electron chi connectivity index (χ3n) is 7.63. The van der Waals surface area contributed by atoms with Gasteiger partial charge in [-0.2, -0.15) is 0 Å². The van der Waals surface area contributed by atoms with Gasteiger partial charge in [0.15, 0.2) is 0 Å². The number of hydrogen-bond acceptors (Lipinski definition) is 6. The van der Waals surface area contributed by atoms with Crippen molar-refractivity contribution in [2.75, 3.05) is 24.2 Å². The van der Waals surface area contributed by atoms with Crippen molar-refractivity contribution in [1.82, 2.24) is 16.0 Å². The van der Waals surface area contributed by atoms with Crippen LogP contribution in [0.1, 0.15) is 50.4 Å². The van der Waals surface area contributed by atoms with E-state index < -0.39 is 45.6 Å². The molecule has 3 atom stereocenters. The summed E-state index contributed by atoms with van der Waals surface area (Å²) in [6, 6.07) is 24.5. The molecule has 2 amide bonds. The zero-order valence-electron chi connectivity index (χ0n) is 26.3. The number of hydrogen-bond donors (Lipinski definition) is 4. The Morgan fingerprint density at radius 2 is 1.36 bits per heavy atom. The molecule has 4 aromatic carbocycles. The van der Waals surface area contributed by atoms with E-state index in [1.807, 2.05) is 67.6 Å². The topological polar surface area (TPSA) is 128 Å². The summed E-state index contributed by atoms with van der Waals surface area (Å²) in [7, 11) is -2.43. The number of sulfonamides is 1. The zero-order valence-corrected chi connectivity index (χ0v) is 27.1. The van der Waals surface area contributed by atoms with Gasteiger partial charge >= 0.3 is 0 Å². The molecule has 0 spiro atoms. The van der Waals surface area contributed by atoms with Crippen molar-refractivity contribution in [3.63, 3.8) is 0 Å². The normalized spacial score (nSPS) is 13.3. The highest BCUT2D eigenvalue weighted by Crippen LogP contribution is 2.22. The lowest BCUT2D eigenvalue weighted by Gasteiger charge is -2.25. The molecule has 0 fully saturated rings. The Hall–Kier alpha value is -4.65. The van der Waals surface area contributed by atoms with E-state index >= 15 is 0 Å². The second-order valence-electron chi connectivity index (χ2n) is 11.4. The first-order chi connectivity index (χ1) is 22.3. The molecule has 0 radical (unpaired) electrons. The van der Waals surface area contributed by atoms with E-state index in [1.165, 1.54) is 37.4 Å². The van der Waals surface area contributed by atoms with Crippen LogP contribution in [0.15, 0.2) is 97.1 Å². The monoisotopic (exact) mass is 664 g/mol. The number of carbonyl (C=O) groups excluding carboxylic acids is 2. The van der Waals surface area contributed by atoms with Gasteiger partial charge in [0.05, 0.1) is 30.1 Å². The van der Waals surface area contributed by atoms with E-state index in [1.54, 1.807) is 0 Å². The molecular weight excluding hydrogens is 626 g/mol. The van der Waals surface area contributed by atoms with Gasteiger partial charge < -0.3 is 21.1 Å². The summed E-state index contributed by atoms with van der Waals surface area (Å²) in [5, 5.41) is 19.9. The number of nitrogens with zero attached hydrogens (tertiary/aromatic N) is 1. The van der Waals surface area contributed by atoms with Crippen LogP contribution < -0.4 is 20.3 Å². The quantitative estimate of drug-likeness (QED) is 0.159. The maximum atomic E-state index is 13.7. The van der Waals surface area contributed by atoms with Crippen molar-refractivity contribution in [1.29, 1.82) is 0 Å². The van der Waals surface area contributed by atoms with Gasteiger partial charge in [-0.15, -0.1) is 0 Å². The Morgan fingerprint density at radius 3 is 1.94 bits per heavy atom. The van der Waals surface area contributed by atoms with Gasteiger partial charge in [-0.25, -0.2) is 17.2 Å². The molecular formula is C35H38F2N4O5S. The number of anilines is 1. The van der Waals surface area contributed by atoms with Crippen molar-refractivity contribution in [2.45, 2.75) is 38.1 Å². The zero-order chi connectivity index (χ0) is 34.1. The highest BCUT2D eigenvalue weighted by atomic mass is 32.2. The smallest absolute Gasteiger partial charge is 0.251 e. The maximum absolute atomic E-state index is 13.7. The van der Waals surface area contributed by atoms with Gasteiger partial charge in [-0.1, -0.05) is 60.7 Å². The minimum atomic E-state index is -3.75. The second kappa shape index (κ2) is 15.8. The minimum Gasteiger partial charge on any atom is -0.390 e. The lowest BCUT2D eigenvalue weighted by molar-refractivity contribution is 0.0830. The molecule has 0 bridgehead atoms. The minimum absolute atomic E-state index is 0.00368. The molecule has 9 nitrogen and oxygen atoms in total. The van der Waals surface area contributed by atoms with E-state index in [2.05, 4.69) is 16.0 Å². The van der Waals surface area contributed by atoms with Gasteiger partial charge in [-0.05, 0) is 60.4 Å². The van der Waals surface area contributed by atoms with Crippen molar-refractivity contribution in [3.8, 4) is 0 Å². The summed E-state index contributed by atoms with van der Waals surface area (Å²) in [6.45, 7) is 1.84. The summed E-state index contributed by atoms with van der Waals surface area (Å²) in [4.78, 5) is 27.1. The second-order valence-corrected chi connectivity index (χ2v) is 13.4. The van der Waals surface area contributed by atoms with Gasteiger partial charge in [0, 0.05) is 37.3 Å². The van der Waals surface area contributed by atoms with Crippen LogP contribution in [0.4, 0.5) is 14.5 Å². The molecule has 12 heteroatoms. The Kier molecular flexibility index (Phi) is 11.8. The van der Waals surface area contributed by atoms with Gasteiger partial charge in [-0.3, -0.25) is 13.9 Å². The summed E-state index contributed by atoms with van der Waals surface area (Å²) >= 11 is 0. The van der Waals surface area contributed by atoms with Crippen LogP contribution in [0, 0.1) is 11.6 Å². The average molecular weight is 665 g/mol. The van der Waals surface area contributed by atoms with Crippen molar-refractivity contribution in [3.05, 3.63) is 137 Å². The largest absolute Gasteiger partial charge is 0.390 e. The number of rotatable bonds is 14. The molecule has 3 unspecified atom stereocenters. The average Bonchev–Trinajstić information content (AvgIpc) is 3.03. The van der Waals surface area contributed by atoms with Gasteiger partial charge in [0.25, 0.3) is 11.8 Å². The molecule has 0 aliphatic rings. The van der Waals surface area contributed by atoms with Gasteiger partial charge in [0.1, 0.15) is 11.6 Å². The van der Waals surface area contributed by atoms with E-state index in [4.69, 9.17) is 0 Å². The molecule has 4 aromatic rings. The first-order valence-corrected chi connectivity index (χ1v) is 16.8. The predicted molar refractivity (Wildman–Crippen MR) is 177 cm³/mol. The molecule has 0 aliphatic heterocycles. The number of amides is 2. The first-order valence-electron chi connectivity index (χ1n) is 14.9. The highest BCUT2D eigenvalue weighted by molar-refractivity contribution is 7.92. The third kappa shape index (κ3) is 10.2. The Morgan fingerprint density at radius 1 is 0.809 bits per heavy atom. The van der Waals surface area contributed by atoms with Crippen molar-refractivity contribution >= 4 is 27.5 Å². The van der Waals surface area contributed by atoms with E-state index in [9.17, 15) is 31.9 Å². The Bertz CT molecular complexity index is 1770. The van der Waals surface area contributed by atoms with Crippen molar-refractivity contribution in [2.24, 2.45) is 0 Å². The van der Waals surface area contributed by atoms with Crippen LogP contribution in [0.5, 0.6) is 0 Å². The fourth-order valence-electron chi connectivity index (χ4n) is 4.97. The molecule has 4 rings (SSSR count). The fourth-order valence-corrected chi connectivity index (χ4v) is 5.46. The molecule has 248 valence electrons. The fraction of sp³-hybridized carbons (Fsp3) is 0.257. The molecule has 0 aliphatic carbocycles. The number of benzene rings is 4. The summed E-state index contributed by atoms with van der Waals surface area (Å²) in [5.74, 6) is -2.60. The summed E-state index contributed by atoms with van der Waals surface area (Å²) in [6.07, 6.45) is 0.0949. The van der Waals surface area contributed by atoms with Crippen LogP contribution >= 0.6 is 0 Å². The van der Waals surface area contributed by atoms with E-state index in [-0.39, 0.29) is 42.4 Å². The summed E-state index contributed by atoms with van der Waals surface area (Å²) < 4.78 is 53.0. The number of nitrogens with one attached hydrogen (secondary N) is 3. The molecule has 0 aromatic heterocycles. The van der Waals surface area contributed by atoms with Crippen LogP contribution in [0.25, 0.3) is 0 Å². The summed E-state index contributed by atoms with van der Waals surface area (Å²) in [5.41, 5.74) is 2.19. The molecule has 0 saturated carbocycles. The van der Waals surface area contributed by atoms with Crippen LogP contribution in [0.3, 0.4) is 0 Å². The van der Waals surface area contributed by atoms with Crippen LogP contribution in [0.2, 0.25) is 0 Å². The SMILES string of the molecule is CC(NC(=O)c1cc(C(=O)NC(Cc2ccccc2)C(O)CNCc2cc(F)cc(F)c2)cc(N(C)S(C)(=O)=O)c1)c1ccccc1. The van der Waals surface area contributed by atoms with Crippen molar-refractivity contribution < 1.29 is 31.9 Å². The van der Waals surface area contributed by atoms with E-state index in [0.717, 1.165) is 27.8 Å². The lowest BCUT2D eigenvalue weighted by Crippen LogP contribution is -2.48. The molecule has 0 saturated heterocycles. The van der Waals surface area contributed by atoms with Crippen LogP contribution in [-0.2, 0) is 23.0 Å². The first kappa shape index (κ1) is 35.2. The number of aliphatic hydroxyl groups excluding tert-OH is 1. The number of halogens is 2. The highest BCUT2D eigenvalue weighted by Gasteiger charge is 2.25.